The Kier molecular flexibility index (Phi) is 4.13. The van der Waals surface area contributed by atoms with Crippen molar-refractivity contribution in [1.82, 2.24) is 9.55 Å². The summed E-state index contributed by atoms with van der Waals surface area (Å²) in [6.45, 7) is 2.82. The van der Waals surface area contributed by atoms with Crippen LogP contribution >= 0.6 is 0 Å². The van der Waals surface area contributed by atoms with Gasteiger partial charge in [-0.05, 0) is 37.5 Å². The summed E-state index contributed by atoms with van der Waals surface area (Å²) < 4.78 is 7.59. The highest BCUT2D eigenvalue weighted by molar-refractivity contribution is 5.34. The average molecular weight is 285 g/mol. The van der Waals surface area contributed by atoms with Gasteiger partial charge >= 0.3 is 0 Å². The fraction of sp³-hybridized carbons (Fsp3) is 0.471. The van der Waals surface area contributed by atoms with Gasteiger partial charge in [0.15, 0.2) is 0 Å². The van der Waals surface area contributed by atoms with Gasteiger partial charge in [-0.1, -0.05) is 25.0 Å². The van der Waals surface area contributed by atoms with Crippen LogP contribution in [0.3, 0.4) is 0 Å². The van der Waals surface area contributed by atoms with E-state index < -0.39 is 0 Å². The maximum Gasteiger partial charge on any atom is 0.203 e. The quantitative estimate of drug-likeness (QED) is 0.904. The van der Waals surface area contributed by atoms with Crippen LogP contribution in [0, 0.1) is 6.92 Å². The fourth-order valence-electron chi connectivity index (χ4n) is 3.07. The highest BCUT2D eigenvalue weighted by Gasteiger charge is 2.20. The van der Waals surface area contributed by atoms with Gasteiger partial charge in [-0.15, -0.1) is 0 Å². The predicted octanol–water partition coefficient (Wildman–Crippen LogP) is 3.93. The molecule has 0 unspecified atom stereocenters. The Hall–Kier alpha value is -1.97. The molecule has 0 amide bonds. The first-order valence-electron chi connectivity index (χ1n) is 7.68. The van der Waals surface area contributed by atoms with Crippen LogP contribution in [0.1, 0.15) is 43.0 Å². The van der Waals surface area contributed by atoms with Crippen LogP contribution in [-0.2, 0) is 6.54 Å². The minimum atomic E-state index is 0.610. The van der Waals surface area contributed by atoms with E-state index in [-0.39, 0.29) is 0 Å². The van der Waals surface area contributed by atoms with Crippen LogP contribution in [0.5, 0.6) is 5.75 Å². The molecule has 1 fully saturated rings. The van der Waals surface area contributed by atoms with Crippen LogP contribution < -0.4 is 10.1 Å². The van der Waals surface area contributed by atoms with Crippen molar-refractivity contribution in [3.8, 4) is 5.75 Å². The highest BCUT2D eigenvalue weighted by Crippen LogP contribution is 2.32. The van der Waals surface area contributed by atoms with Crippen molar-refractivity contribution in [3.05, 3.63) is 41.7 Å². The number of nitrogens with zero attached hydrogens (tertiary/aromatic N) is 2. The first-order valence-corrected chi connectivity index (χ1v) is 7.68. The molecule has 0 saturated heterocycles. The predicted molar refractivity (Wildman–Crippen MR) is 84.8 cm³/mol. The van der Waals surface area contributed by atoms with Gasteiger partial charge in [-0.3, -0.25) is 0 Å². The van der Waals surface area contributed by atoms with Crippen LogP contribution in [0.4, 0.5) is 5.95 Å². The average Bonchev–Trinajstić information content (AvgIpc) is 3.14. The van der Waals surface area contributed by atoms with Crippen molar-refractivity contribution in [1.29, 1.82) is 0 Å². The van der Waals surface area contributed by atoms with Gasteiger partial charge < -0.3 is 14.6 Å². The number of hydrogen-bond acceptors (Lipinski definition) is 3. The first kappa shape index (κ1) is 14.0. The van der Waals surface area contributed by atoms with Crippen molar-refractivity contribution in [3.63, 3.8) is 0 Å². The molecule has 4 heteroatoms. The fourth-order valence-corrected chi connectivity index (χ4v) is 3.07. The number of rotatable bonds is 5. The van der Waals surface area contributed by atoms with E-state index in [0.29, 0.717) is 6.04 Å². The molecule has 2 aromatic rings. The topological polar surface area (TPSA) is 39.1 Å². The Morgan fingerprint density at radius 2 is 2.14 bits per heavy atom. The number of methoxy groups -OCH3 is 1. The third-order valence-electron chi connectivity index (χ3n) is 4.16. The van der Waals surface area contributed by atoms with Crippen molar-refractivity contribution in [2.75, 3.05) is 12.4 Å². The molecular weight excluding hydrogens is 262 g/mol. The lowest BCUT2D eigenvalue weighted by molar-refractivity contribution is 0.414. The van der Waals surface area contributed by atoms with Crippen LogP contribution in [0.15, 0.2) is 30.5 Å². The van der Waals surface area contributed by atoms with E-state index in [9.17, 15) is 0 Å². The normalized spacial score (nSPS) is 15.3. The third-order valence-corrected chi connectivity index (χ3v) is 4.16. The van der Waals surface area contributed by atoms with E-state index in [2.05, 4.69) is 40.1 Å². The molecule has 1 heterocycles. The van der Waals surface area contributed by atoms with E-state index in [0.717, 1.165) is 23.9 Å². The van der Waals surface area contributed by atoms with Crippen molar-refractivity contribution in [2.24, 2.45) is 0 Å². The molecule has 1 N–H and O–H groups in total. The lowest BCUT2D eigenvalue weighted by atomic mass is 10.2. The van der Waals surface area contributed by atoms with Gasteiger partial charge in [0.2, 0.25) is 5.95 Å². The summed E-state index contributed by atoms with van der Waals surface area (Å²) in [7, 11) is 1.70. The standard InChI is InChI=1S/C17H23N3O/c1-13-12-20(15-7-3-4-8-15)17(19-13)18-11-14-6-5-9-16(10-14)21-2/h5-6,9-10,12,15H,3-4,7-8,11H2,1-2H3,(H,18,19). The smallest absolute Gasteiger partial charge is 0.203 e. The molecule has 112 valence electrons. The maximum atomic E-state index is 5.27. The number of ether oxygens (including phenoxy) is 1. The number of benzene rings is 1. The summed E-state index contributed by atoms with van der Waals surface area (Å²) in [5.41, 5.74) is 2.28. The molecule has 0 atom stereocenters. The van der Waals surface area contributed by atoms with Crippen LogP contribution in [0.2, 0.25) is 0 Å². The van der Waals surface area contributed by atoms with Gasteiger partial charge in [-0.25, -0.2) is 4.98 Å². The Morgan fingerprint density at radius 3 is 2.90 bits per heavy atom. The van der Waals surface area contributed by atoms with Gasteiger partial charge in [0.1, 0.15) is 5.75 Å². The monoisotopic (exact) mass is 285 g/mol. The molecule has 21 heavy (non-hydrogen) atoms. The molecule has 1 aliphatic rings. The van der Waals surface area contributed by atoms with Gasteiger partial charge in [0, 0.05) is 18.8 Å². The van der Waals surface area contributed by atoms with Crippen molar-refractivity contribution < 1.29 is 4.74 Å². The number of aromatic nitrogens is 2. The van der Waals surface area contributed by atoms with E-state index in [1.54, 1.807) is 7.11 Å². The summed E-state index contributed by atoms with van der Waals surface area (Å²) in [6.07, 6.45) is 7.37. The summed E-state index contributed by atoms with van der Waals surface area (Å²) in [4.78, 5) is 4.63. The Labute approximate surface area is 126 Å². The summed E-state index contributed by atoms with van der Waals surface area (Å²) in [6, 6.07) is 8.75. The van der Waals surface area contributed by atoms with E-state index in [1.807, 2.05) is 12.1 Å². The molecule has 0 radical (unpaired) electrons. The van der Waals surface area contributed by atoms with E-state index in [1.165, 1.54) is 31.2 Å². The second kappa shape index (κ2) is 6.20. The highest BCUT2D eigenvalue weighted by atomic mass is 16.5. The third kappa shape index (κ3) is 3.20. The molecular formula is C17H23N3O. The van der Waals surface area contributed by atoms with Gasteiger partial charge in [-0.2, -0.15) is 0 Å². The largest absolute Gasteiger partial charge is 0.497 e. The second-order valence-corrected chi connectivity index (χ2v) is 5.76. The zero-order valence-corrected chi connectivity index (χ0v) is 12.8. The van der Waals surface area contributed by atoms with Crippen LogP contribution in [-0.4, -0.2) is 16.7 Å². The first-order chi connectivity index (χ1) is 10.3. The zero-order chi connectivity index (χ0) is 14.7. The van der Waals surface area contributed by atoms with E-state index in [4.69, 9.17) is 4.74 Å². The number of imidazole rings is 1. The summed E-state index contributed by atoms with van der Waals surface area (Å²) >= 11 is 0. The molecule has 3 rings (SSSR count). The number of anilines is 1. The van der Waals surface area contributed by atoms with Crippen molar-refractivity contribution >= 4 is 5.95 Å². The molecule has 0 spiro atoms. The molecule has 1 aromatic carbocycles. The Bertz CT molecular complexity index is 600. The summed E-state index contributed by atoms with van der Waals surface area (Å²) in [5, 5.41) is 3.47. The number of nitrogens with one attached hydrogen (secondary N) is 1. The Balaban J connectivity index is 1.72. The van der Waals surface area contributed by atoms with Crippen molar-refractivity contribution in [2.45, 2.75) is 45.2 Å². The minimum absolute atomic E-state index is 0.610. The molecule has 0 aliphatic heterocycles. The minimum Gasteiger partial charge on any atom is -0.497 e. The maximum absolute atomic E-state index is 5.27. The molecule has 0 bridgehead atoms. The molecule has 1 aromatic heterocycles. The van der Waals surface area contributed by atoms with Crippen LogP contribution in [0.25, 0.3) is 0 Å². The van der Waals surface area contributed by atoms with Gasteiger partial charge in [0.25, 0.3) is 0 Å². The van der Waals surface area contributed by atoms with Gasteiger partial charge in [0.05, 0.1) is 12.8 Å². The molecule has 4 nitrogen and oxygen atoms in total. The lowest BCUT2D eigenvalue weighted by Crippen LogP contribution is -2.10. The van der Waals surface area contributed by atoms with E-state index >= 15 is 0 Å². The Morgan fingerprint density at radius 1 is 1.33 bits per heavy atom. The zero-order valence-electron chi connectivity index (χ0n) is 12.8. The SMILES string of the molecule is COc1cccc(CNc2nc(C)cn2C2CCCC2)c1. The number of aryl methyl sites for hydroxylation is 1. The second-order valence-electron chi connectivity index (χ2n) is 5.76. The molecule has 1 aliphatic carbocycles. The lowest BCUT2D eigenvalue weighted by Gasteiger charge is -2.15. The molecule has 1 saturated carbocycles. The number of hydrogen-bond donors (Lipinski definition) is 1. The summed E-state index contributed by atoms with van der Waals surface area (Å²) in [5.74, 6) is 1.88.